The molecule has 3 rings (SSSR count). The van der Waals surface area contributed by atoms with Crippen LogP contribution in [0.4, 0.5) is 5.69 Å². The average Bonchev–Trinajstić information content (AvgIpc) is 2.55. The summed E-state index contributed by atoms with van der Waals surface area (Å²) in [5, 5.41) is 3.76. The van der Waals surface area contributed by atoms with Crippen LogP contribution in [-0.2, 0) is 11.2 Å². The van der Waals surface area contributed by atoms with Crippen molar-refractivity contribution >= 4 is 34.1 Å². The molecule has 0 saturated heterocycles. The number of carbonyl (C=O) groups excluding carboxylic acids is 1. The number of aryl methyl sites for hydroxylation is 1. The van der Waals surface area contributed by atoms with E-state index in [1.54, 1.807) is 42.5 Å². The molecule has 0 atom stereocenters. The molecule has 5 nitrogen and oxygen atoms in total. The molecule has 0 aliphatic carbocycles. The molecular formula is C17H14ClN3O2. The highest BCUT2D eigenvalue weighted by Gasteiger charge is 2.08. The van der Waals surface area contributed by atoms with Crippen LogP contribution in [-0.4, -0.2) is 15.9 Å². The summed E-state index contributed by atoms with van der Waals surface area (Å²) in [6, 6.07) is 14.1. The van der Waals surface area contributed by atoms with Crippen LogP contribution in [0.5, 0.6) is 0 Å². The lowest BCUT2D eigenvalue weighted by atomic mass is 10.2. The molecule has 0 saturated carbocycles. The zero-order chi connectivity index (χ0) is 16.2. The Morgan fingerprint density at radius 3 is 2.70 bits per heavy atom. The summed E-state index contributed by atoms with van der Waals surface area (Å²) >= 11 is 6.00. The average molecular weight is 328 g/mol. The second-order valence-corrected chi connectivity index (χ2v) is 5.46. The third kappa shape index (κ3) is 3.57. The molecule has 0 bridgehead atoms. The lowest BCUT2D eigenvalue weighted by molar-refractivity contribution is -0.116. The Balaban J connectivity index is 1.70. The summed E-state index contributed by atoms with van der Waals surface area (Å²) in [7, 11) is 0. The fourth-order valence-corrected chi connectivity index (χ4v) is 2.44. The molecule has 0 radical (unpaired) electrons. The number of benzene rings is 2. The Hall–Kier alpha value is -2.66. The molecule has 0 aliphatic heterocycles. The topological polar surface area (TPSA) is 74.8 Å². The highest BCUT2D eigenvalue weighted by molar-refractivity contribution is 6.33. The minimum atomic E-state index is -0.197. The van der Waals surface area contributed by atoms with Crippen LogP contribution < -0.4 is 10.9 Å². The predicted molar refractivity (Wildman–Crippen MR) is 90.8 cm³/mol. The molecule has 2 aromatic carbocycles. The van der Waals surface area contributed by atoms with Gasteiger partial charge in [0.1, 0.15) is 5.82 Å². The molecular weight excluding hydrogens is 314 g/mol. The quantitative estimate of drug-likeness (QED) is 0.773. The maximum atomic E-state index is 12.0. The number of halogens is 1. The highest BCUT2D eigenvalue weighted by Crippen LogP contribution is 2.20. The van der Waals surface area contributed by atoms with Gasteiger partial charge in [-0.1, -0.05) is 35.9 Å². The number of nitrogens with one attached hydrogen (secondary N) is 2. The van der Waals surface area contributed by atoms with E-state index in [4.69, 9.17) is 11.6 Å². The number of nitrogens with zero attached hydrogens (tertiary/aromatic N) is 1. The smallest absolute Gasteiger partial charge is 0.258 e. The molecule has 0 aliphatic rings. The maximum absolute atomic E-state index is 12.0. The highest BCUT2D eigenvalue weighted by atomic mass is 35.5. The van der Waals surface area contributed by atoms with Gasteiger partial charge >= 0.3 is 0 Å². The van der Waals surface area contributed by atoms with Gasteiger partial charge in [-0.3, -0.25) is 9.59 Å². The molecule has 23 heavy (non-hydrogen) atoms. The van der Waals surface area contributed by atoms with Gasteiger partial charge in [-0.2, -0.15) is 0 Å². The van der Waals surface area contributed by atoms with Gasteiger partial charge < -0.3 is 10.3 Å². The summed E-state index contributed by atoms with van der Waals surface area (Å²) in [4.78, 5) is 31.0. The monoisotopic (exact) mass is 327 g/mol. The minimum Gasteiger partial charge on any atom is -0.325 e. The minimum absolute atomic E-state index is 0.186. The molecule has 6 heteroatoms. The van der Waals surface area contributed by atoms with E-state index < -0.39 is 0 Å². The fraction of sp³-hybridized carbons (Fsp3) is 0.118. The van der Waals surface area contributed by atoms with Crippen molar-refractivity contribution < 1.29 is 4.79 Å². The molecule has 2 N–H and O–H groups in total. The summed E-state index contributed by atoms with van der Waals surface area (Å²) < 4.78 is 0. The largest absolute Gasteiger partial charge is 0.325 e. The third-order valence-electron chi connectivity index (χ3n) is 3.40. The van der Waals surface area contributed by atoms with Crippen LogP contribution in [0.15, 0.2) is 53.3 Å². The van der Waals surface area contributed by atoms with Gasteiger partial charge in [0.05, 0.1) is 21.6 Å². The van der Waals surface area contributed by atoms with Gasteiger partial charge in [-0.15, -0.1) is 0 Å². The molecule has 1 aromatic heterocycles. The van der Waals surface area contributed by atoms with E-state index in [1.165, 1.54) is 0 Å². The van der Waals surface area contributed by atoms with E-state index in [9.17, 15) is 9.59 Å². The number of carbonyl (C=O) groups is 1. The van der Waals surface area contributed by atoms with E-state index in [1.807, 2.05) is 6.07 Å². The van der Waals surface area contributed by atoms with Gasteiger partial charge in [-0.25, -0.2) is 4.98 Å². The van der Waals surface area contributed by atoms with Crippen LogP contribution in [0.3, 0.4) is 0 Å². The van der Waals surface area contributed by atoms with Crippen LogP contribution in [0.2, 0.25) is 5.02 Å². The zero-order valence-corrected chi connectivity index (χ0v) is 12.9. The number of anilines is 1. The Labute approximate surface area is 137 Å². The zero-order valence-electron chi connectivity index (χ0n) is 12.2. The number of fused-ring (bicyclic) bond motifs is 1. The number of amides is 1. The van der Waals surface area contributed by atoms with E-state index in [-0.39, 0.29) is 17.9 Å². The van der Waals surface area contributed by atoms with Crippen molar-refractivity contribution in [1.82, 2.24) is 9.97 Å². The van der Waals surface area contributed by atoms with Crippen LogP contribution in [0.25, 0.3) is 10.9 Å². The molecule has 116 valence electrons. The Morgan fingerprint density at radius 1 is 1.13 bits per heavy atom. The number of hydrogen-bond acceptors (Lipinski definition) is 3. The maximum Gasteiger partial charge on any atom is 0.258 e. The number of H-pyrrole nitrogens is 1. The summed E-state index contributed by atoms with van der Waals surface area (Å²) in [6.07, 6.45) is 0.545. The first-order valence-electron chi connectivity index (χ1n) is 7.16. The van der Waals surface area contributed by atoms with Crippen molar-refractivity contribution in [3.8, 4) is 0 Å². The van der Waals surface area contributed by atoms with Gasteiger partial charge in [0, 0.05) is 12.8 Å². The number of para-hydroxylation sites is 2. The van der Waals surface area contributed by atoms with Crippen molar-refractivity contribution in [2.45, 2.75) is 12.8 Å². The molecule has 0 fully saturated rings. The van der Waals surface area contributed by atoms with Gasteiger partial charge in [0.25, 0.3) is 5.56 Å². The number of aromatic amines is 1. The lowest BCUT2D eigenvalue weighted by Gasteiger charge is -2.07. The predicted octanol–water partition coefficient (Wildman–Crippen LogP) is 3.15. The van der Waals surface area contributed by atoms with E-state index in [2.05, 4.69) is 15.3 Å². The van der Waals surface area contributed by atoms with Gasteiger partial charge in [0.2, 0.25) is 5.91 Å². The second kappa shape index (κ2) is 6.62. The SMILES string of the molecule is O=C(CCc1nc2ccccc2c(=O)[nH]1)Nc1ccccc1Cl. The number of hydrogen-bond donors (Lipinski definition) is 2. The first-order chi connectivity index (χ1) is 11.1. The summed E-state index contributed by atoms with van der Waals surface area (Å²) in [5.41, 5.74) is 0.994. The summed E-state index contributed by atoms with van der Waals surface area (Å²) in [6.45, 7) is 0. The second-order valence-electron chi connectivity index (χ2n) is 5.06. The standard InChI is InChI=1S/C17H14ClN3O2/c18-12-6-2-4-8-14(12)20-16(22)10-9-15-19-13-7-3-1-5-11(13)17(23)21-15/h1-8H,9-10H2,(H,20,22)(H,19,21,23). The third-order valence-corrected chi connectivity index (χ3v) is 3.73. The van der Waals surface area contributed by atoms with E-state index in [0.717, 1.165) is 0 Å². The Morgan fingerprint density at radius 2 is 1.87 bits per heavy atom. The van der Waals surface area contributed by atoms with Gasteiger partial charge in [-0.05, 0) is 24.3 Å². The summed E-state index contributed by atoms with van der Waals surface area (Å²) in [5.74, 6) is 0.303. The van der Waals surface area contributed by atoms with Crippen molar-refractivity contribution in [2.75, 3.05) is 5.32 Å². The Bertz CT molecular complexity index is 921. The van der Waals surface area contributed by atoms with E-state index >= 15 is 0 Å². The van der Waals surface area contributed by atoms with Gasteiger partial charge in [0.15, 0.2) is 0 Å². The van der Waals surface area contributed by atoms with Crippen LogP contribution in [0.1, 0.15) is 12.2 Å². The first-order valence-corrected chi connectivity index (χ1v) is 7.53. The number of rotatable bonds is 4. The van der Waals surface area contributed by atoms with E-state index in [0.29, 0.717) is 33.9 Å². The Kier molecular flexibility index (Phi) is 4.39. The molecule has 1 amide bonds. The lowest BCUT2D eigenvalue weighted by Crippen LogP contribution is -2.16. The first kappa shape index (κ1) is 15.2. The molecule has 0 spiro atoms. The van der Waals surface area contributed by atoms with Crippen molar-refractivity contribution in [1.29, 1.82) is 0 Å². The van der Waals surface area contributed by atoms with Crippen molar-refractivity contribution in [3.05, 3.63) is 69.7 Å². The van der Waals surface area contributed by atoms with Crippen molar-refractivity contribution in [2.24, 2.45) is 0 Å². The van der Waals surface area contributed by atoms with Crippen molar-refractivity contribution in [3.63, 3.8) is 0 Å². The molecule has 1 heterocycles. The van der Waals surface area contributed by atoms with Crippen LogP contribution >= 0.6 is 11.6 Å². The normalized spacial score (nSPS) is 10.7. The molecule has 0 unspecified atom stereocenters. The number of aromatic nitrogens is 2. The van der Waals surface area contributed by atoms with Crippen LogP contribution in [0, 0.1) is 0 Å². The molecule has 3 aromatic rings. The fourth-order valence-electron chi connectivity index (χ4n) is 2.26.